The fourth-order valence-electron chi connectivity index (χ4n) is 3.42. The van der Waals surface area contributed by atoms with Crippen LogP contribution in [0, 0.1) is 16.7 Å². The minimum atomic E-state index is 0.00950. The Kier molecular flexibility index (Phi) is 5.10. The molecule has 0 fully saturated rings. The second-order valence-electron chi connectivity index (χ2n) is 7.01. The molecule has 4 rings (SSSR count). The normalized spacial score (nSPS) is 11.6. The number of benzene rings is 2. The monoisotopic (exact) mass is 392 g/mol. The van der Waals surface area contributed by atoms with E-state index in [1.54, 1.807) is 12.4 Å². The van der Waals surface area contributed by atoms with Gasteiger partial charge in [-0.1, -0.05) is 36.4 Å². The molecule has 1 unspecified atom stereocenters. The average Bonchev–Trinajstić information content (AvgIpc) is 2.80. The molecular weight excluding hydrogens is 372 g/mol. The first-order valence-electron chi connectivity index (χ1n) is 9.51. The predicted octanol–water partition coefficient (Wildman–Crippen LogP) is 4.92. The summed E-state index contributed by atoms with van der Waals surface area (Å²) in [6.07, 6.45) is 4.47. The molecule has 0 saturated heterocycles. The SMILES string of the molecule is CC(Nc1c(C#N)cnc2ccc(-c3cnc(N)c(C=N)c3)cc12)c1ccccc1. The van der Waals surface area contributed by atoms with Crippen LogP contribution in [0.25, 0.3) is 22.0 Å². The number of pyridine rings is 2. The van der Waals surface area contributed by atoms with Crippen LogP contribution in [-0.4, -0.2) is 16.2 Å². The summed E-state index contributed by atoms with van der Waals surface area (Å²) < 4.78 is 0. The lowest BCUT2D eigenvalue weighted by Gasteiger charge is -2.18. The number of aromatic nitrogens is 2. The van der Waals surface area contributed by atoms with Crippen LogP contribution in [-0.2, 0) is 0 Å². The van der Waals surface area contributed by atoms with Crippen LogP contribution in [0.15, 0.2) is 67.0 Å². The maximum atomic E-state index is 9.67. The van der Waals surface area contributed by atoms with E-state index in [9.17, 15) is 5.26 Å². The largest absolute Gasteiger partial charge is 0.383 e. The topological polar surface area (TPSA) is 111 Å². The smallest absolute Gasteiger partial charge is 0.132 e. The number of nitriles is 1. The number of nitrogens with zero attached hydrogens (tertiary/aromatic N) is 3. The molecule has 0 radical (unpaired) electrons. The van der Waals surface area contributed by atoms with E-state index in [4.69, 9.17) is 11.1 Å². The van der Waals surface area contributed by atoms with E-state index in [2.05, 4.69) is 40.4 Å². The van der Waals surface area contributed by atoms with Gasteiger partial charge in [0.25, 0.3) is 0 Å². The molecule has 4 N–H and O–H groups in total. The number of nitrogen functional groups attached to an aromatic ring is 1. The fourth-order valence-corrected chi connectivity index (χ4v) is 3.42. The van der Waals surface area contributed by atoms with Crippen molar-refractivity contribution in [3.63, 3.8) is 0 Å². The highest BCUT2D eigenvalue weighted by Gasteiger charge is 2.14. The summed E-state index contributed by atoms with van der Waals surface area (Å²) in [6.45, 7) is 2.06. The quantitative estimate of drug-likeness (QED) is 0.417. The summed E-state index contributed by atoms with van der Waals surface area (Å²) >= 11 is 0. The van der Waals surface area contributed by atoms with Crippen LogP contribution >= 0.6 is 0 Å². The van der Waals surface area contributed by atoms with Gasteiger partial charge in [0, 0.05) is 41.2 Å². The molecule has 0 amide bonds. The molecule has 0 aliphatic carbocycles. The molecule has 0 bridgehead atoms. The number of anilines is 2. The van der Waals surface area contributed by atoms with Crippen molar-refractivity contribution in [1.29, 1.82) is 10.7 Å². The van der Waals surface area contributed by atoms with Gasteiger partial charge in [-0.25, -0.2) is 4.98 Å². The van der Waals surface area contributed by atoms with E-state index < -0.39 is 0 Å². The molecule has 146 valence electrons. The van der Waals surface area contributed by atoms with Crippen molar-refractivity contribution in [1.82, 2.24) is 9.97 Å². The molecule has 0 aliphatic heterocycles. The summed E-state index contributed by atoms with van der Waals surface area (Å²) in [5.74, 6) is 0.321. The van der Waals surface area contributed by atoms with Crippen LogP contribution in [0.3, 0.4) is 0 Å². The molecule has 30 heavy (non-hydrogen) atoms. The summed E-state index contributed by atoms with van der Waals surface area (Å²) in [6, 6.07) is 20.0. The second kappa shape index (κ2) is 8.02. The summed E-state index contributed by atoms with van der Waals surface area (Å²) in [5, 5.41) is 21.5. The summed E-state index contributed by atoms with van der Waals surface area (Å²) in [4.78, 5) is 8.63. The number of fused-ring (bicyclic) bond motifs is 1. The lowest BCUT2D eigenvalue weighted by atomic mass is 10.0. The lowest BCUT2D eigenvalue weighted by molar-refractivity contribution is 0.885. The highest BCUT2D eigenvalue weighted by atomic mass is 14.9. The number of nitrogens with two attached hydrogens (primary N) is 1. The Morgan fingerprint density at radius 2 is 1.87 bits per heavy atom. The molecule has 6 heteroatoms. The van der Waals surface area contributed by atoms with Gasteiger partial charge < -0.3 is 16.5 Å². The minimum absolute atomic E-state index is 0.00950. The van der Waals surface area contributed by atoms with Crippen molar-refractivity contribution in [2.45, 2.75) is 13.0 Å². The van der Waals surface area contributed by atoms with Gasteiger partial charge in [0.15, 0.2) is 0 Å². The Morgan fingerprint density at radius 3 is 2.60 bits per heavy atom. The van der Waals surface area contributed by atoms with Crippen molar-refractivity contribution in [3.05, 3.63) is 83.7 Å². The molecule has 2 aromatic heterocycles. The standard InChI is InChI=1S/C24H20N6/c1-15(16-5-3-2-4-6-16)30-23-20(12-26)14-28-22-8-7-17(10-21(22)23)19-9-18(11-25)24(27)29-13-19/h2-11,13-15,25H,1H3,(H2,27,29)(H,28,30). The highest BCUT2D eigenvalue weighted by Crippen LogP contribution is 2.33. The first-order valence-corrected chi connectivity index (χ1v) is 9.51. The van der Waals surface area contributed by atoms with Gasteiger partial charge in [0.05, 0.1) is 16.8 Å². The molecule has 2 aromatic carbocycles. The van der Waals surface area contributed by atoms with E-state index in [1.165, 1.54) is 6.21 Å². The van der Waals surface area contributed by atoms with Crippen molar-refractivity contribution in [2.75, 3.05) is 11.1 Å². The van der Waals surface area contributed by atoms with Crippen LogP contribution in [0.1, 0.15) is 29.7 Å². The van der Waals surface area contributed by atoms with Gasteiger partial charge in [0.2, 0.25) is 0 Å². The zero-order chi connectivity index (χ0) is 21.1. The predicted molar refractivity (Wildman–Crippen MR) is 120 cm³/mol. The van der Waals surface area contributed by atoms with Crippen LogP contribution in [0.2, 0.25) is 0 Å². The van der Waals surface area contributed by atoms with Crippen molar-refractivity contribution >= 4 is 28.6 Å². The number of rotatable bonds is 5. The van der Waals surface area contributed by atoms with Gasteiger partial charge in [0.1, 0.15) is 11.9 Å². The van der Waals surface area contributed by atoms with Gasteiger partial charge in [-0.2, -0.15) is 5.26 Å². The number of hydrogen-bond acceptors (Lipinski definition) is 6. The van der Waals surface area contributed by atoms with E-state index >= 15 is 0 Å². The molecule has 4 aromatic rings. The average molecular weight is 392 g/mol. The van der Waals surface area contributed by atoms with Gasteiger partial charge in [-0.3, -0.25) is 4.98 Å². The van der Waals surface area contributed by atoms with Crippen LogP contribution in [0.4, 0.5) is 11.5 Å². The molecule has 1 atom stereocenters. The first kappa shape index (κ1) is 19.1. The minimum Gasteiger partial charge on any atom is -0.383 e. The van der Waals surface area contributed by atoms with Crippen LogP contribution < -0.4 is 11.1 Å². The Labute approximate surface area is 174 Å². The highest BCUT2D eigenvalue weighted by molar-refractivity contribution is 5.97. The van der Waals surface area contributed by atoms with E-state index in [0.29, 0.717) is 16.9 Å². The van der Waals surface area contributed by atoms with E-state index in [0.717, 1.165) is 33.3 Å². The van der Waals surface area contributed by atoms with Crippen molar-refractivity contribution in [3.8, 4) is 17.2 Å². The summed E-state index contributed by atoms with van der Waals surface area (Å²) in [5.41, 5.74) is 11.3. The first-order chi connectivity index (χ1) is 14.6. The Balaban J connectivity index is 1.83. The fraction of sp³-hybridized carbons (Fsp3) is 0.0833. The van der Waals surface area contributed by atoms with Crippen LogP contribution in [0.5, 0.6) is 0 Å². The molecule has 6 nitrogen and oxygen atoms in total. The molecule has 0 saturated carbocycles. The Morgan fingerprint density at radius 1 is 1.07 bits per heavy atom. The Bertz CT molecular complexity index is 1270. The molecular formula is C24H20N6. The lowest BCUT2D eigenvalue weighted by Crippen LogP contribution is -2.08. The van der Waals surface area contributed by atoms with Crippen molar-refractivity contribution in [2.24, 2.45) is 0 Å². The second-order valence-corrected chi connectivity index (χ2v) is 7.01. The zero-order valence-corrected chi connectivity index (χ0v) is 16.4. The van der Waals surface area contributed by atoms with E-state index in [1.807, 2.05) is 42.5 Å². The zero-order valence-electron chi connectivity index (χ0n) is 16.4. The molecule has 0 aliphatic rings. The third kappa shape index (κ3) is 3.56. The molecule has 0 spiro atoms. The van der Waals surface area contributed by atoms with Gasteiger partial charge in [-0.15, -0.1) is 0 Å². The third-order valence-electron chi connectivity index (χ3n) is 5.09. The van der Waals surface area contributed by atoms with Gasteiger partial charge >= 0.3 is 0 Å². The maximum Gasteiger partial charge on any atom is 0.132 e. The van der Waals surface area contributed by atoms with Crippen molar-refractivity contribution < 1.29 is 0 Å². The Hall–Kier alpha value is -4.24. The van der Waals surface area contributed by atoms with Gasteiger partial charge in [-0.05, 0) is 36.2 Å². The molecule has 2 heterocycles. The number of nitrogens with one attached hydrogen (secondary N) is 2. The number of hydrogen-bond donors (Lipinski definition) is 3. The third-order valence-corrected chi connectivity index (χ3v) is 5.09. The maximum absolute atomic E-state index is 9.67. The van der Waals surface area contributed by atoms with E-state index in [-0.39, 0.29) is 6.04 Å². The summed E-state index contributed by atoms with van der Waals surface area (Å²) in [7, 11) is 0.